The van der Waals surface area contributed by atoms with E-state index in [0.29, 0.717) is 27.9 Å². The monoisotopic (exact) mass is 745 g/mol. The van der Waals surface area contributed by atoms with Crippen molar-refractivity contribution in [2.45, 2.75) is 43.7 Å². The molecule has 0 aliphatic carbocycles. The van der Waals surface area contributed by atoms with Gasteiger partial charge in [-0.05, 0) is 66.1 Å². The molecule has 4 aromatic carbocycles. The Labute approximate surface area is 302 Å². The van der Waals surface area contributed by atoms with E-state index in [-0.39, 0.29) is 40.2 Å². The largest absolute Gasteiger partial charge is 0.493 e. The predicted octanol–water partition coefficient (Wildman–Crippen LogP) is 7.42. The highest BCUT2D eigenvalue weighted by molar-refractivity contribution is 7.92. The number of halogens is 3. The molecule has 4 aromatic rings. The van der Waals surface area contributed by atoms with Gasteiger partial charge in [-0.25, -0.2) is 8.42 Å². The Bertz CT molecular complexity index is 1840. The van der Waals surface area contributed by atoms with Crippen LogP contribution in [0.25, 0.3) is 0 Å². The molecule has 0 saturated carbocycles. The number of hydrogen-bond donors (Lipinski definition) is 1. The number of methoxy groups -OCH3 is 2. The Kier molecular flexibility index (Phi) is 13.6. The number of sulfonamides is 1. The number of amides is 2. The Hall–Kier alpha value is -3.96. The second-order valence-electron chi connectivity index (χ2n) is 11.1. The number of nitrogens with one attached hydrogen (secondary N) is 1. The van der Waals surface area contributed by atoms with E-state index in [1.807, 2.05) is 37.3 Å². The van der Waals surface area contributed by atoms with Crippen molar-refractivity contribution in [3.8, 4) is 11.5 Å². The molecule has 0 unspecified atom stereocenters. The van der Waals surface area contributed by atoms with E-state index >= 15 is 0 Å². The van der Waals surface area contributed by atoms with E-state index in [2.05, 4.69) is 5.32 Å². The molecule has 4 rings (SSSR count). The van der Waals surface area contributed by atoms with Gasteiger partial charge in [0.15, 0.2) is 11.5 Å². The summed E-state index contributed by atoms with van der Waals surface area (Å²) in [5.41, 5.74) is 1.61. The molecule has 2 amide bonds. The fourth-order valence-electron chi connectivity index (χ4n) is 5.14. The zero-order chi connectivity index (χ0) is 35.6. The minimum atomic E-state index is -4.39. The van der Waals surface area contributed by atoms with Crippen molar-refractivity contribution >= 4 is 62.3 Å². The average molecular weight is 747 g/mol. The number of benzene rings is 4. The number of rotatable bonds is 16. The fraction of sp³-hybridized carbons (Fsp3) is 0.278. The third-order valence-corrected chi connectivity index (χ3v) is 10.5. The van der Waals surface area contributed by atoms with Crippen LogP contribution in [0.2, 0.25) is 15.1 Å². The summed E-state index contributed by atoms with van der Waals surface area (Å²) in [6.07, 6.45) is 1.79. The SMILES string of the molecule is CCCCNC(=O)[C@H](Cc1ccccc1)N(Cc1ccc(Cl)c(Cl)c1)C(=O)CN(c1ccc(Cl)cc1)S(=O)(=O)c1ccc(OC)c(OC)c1. The number of nitrogens with zero attached hydrogens (tertiary/aromatic N) is 2. The highest BCUT2D eigenvalue weighted by atomic mass is 35.5. The Morgan fingerprint density at radius 3 is 2.14 bits per heavy atom. The van der Waals surface area contributed by atoms with Gasteiger partial charge in [-0.2, -0.15) is 0 Å². The van der Waals surface area contributed by atoms with Gasteiger partial charge in [0.2, 0.25) is 11.8 Å². The molecule has 0 aliphatic heterocycles. The van der Waals surface area contributed by atoms with Gasteiger partial charge in [-0.15, -0.1) is 0 Å². The van der Waals surface area contributed by atoms with Gasteiger partial charge in [0.25, 0.3) is 10.0 Å². The number of hydrogen-bond acceptors (Lipinski definition) is 6. The van der Waals surface area contributed by atoms with E-state index in [1.165, 1.54) is 61.6 Å². The average Bonchev–Trinajstić information content (AvgIpc) is 3.10. The number of ether oxygens (including phenoxy) is 2. The lowest BCUT2D eigenvalue weighted by atomic mass is 10.0. The molecule has 260 valence electrons. The van der Waals surface area contributed by atoms with Crippen molar-refractivity contribution in [3.63, 3.8) is 0 Å². The van der Waals surface area contributed by atoms with Crippen LogP contribution in [0.1, 0.15) is 30.9 Å². The van der Waals surface area contributed by atoms with E-state index in [4.69, 9.17) is 44.3 Å². The second-order valence-corrected chi connectivity index (χ2v) is 14.2. The molecule has 0 heterocycles. The highest BCUT2D eigenvalue weighted by Crippen LogP contribution is 2.33. The molecule has 0 spiro atoms. The van der Waals surface area contributed by atoms with Crippen molar-refractivity contribution in [2.75, 3.05) is 31.6 Å². The molecule has 9 nitrogen and oxygen atoms in total. The third-order valence-electron chi connectivity index (χ3n) is 7.77. The van der Waals surface area contributed by atoms with Gasteiger partial charge in [0.1, 0.15) is 12.6 Å². The van der Waals surface area contributed by atoms with Crippen molar-refractivity contribution in [2.24, 2.45) is 0 Å². The van der Waals surface area contributed by atoms with Crippen LogP contribution in [-0.4, -0.2) is 58.5 Å². The van der Waals surface area contributed by atoms with Gasteiger partial charge < -0.3 is 19.7 Å². The van der Waals surface area contributed by atoms with E-state index < -0.39 is 28.5 Å². The van der Waals surface area contributed by atoms with Crippen LogP contribution >= 0.6 is 34.8 Å². The first kappa shape index (κ1) is 37.9. The molecular weight excluding hydrogens is 709 g/mol. The first-order chi connectivity index (χ1) is 23.5. The van der Waals surface area contributed by atoms with Gasteiger partial charge in [-0.3, -0.25) is 13.9 Å². The maximum Gasteiger partial charge on any atom is 0.264 e. The normalized spacial score (nSPS) is 11.8. The van der Waals surface area contributed by atoms with Crippen LogP contribution in [0.3, 0.4) is 0 Å². The summed E-state index contributed by atoms with van der Waals surface area (Å²) in [5.74, 6) is -0.469. The zero-order valence-corrected chi connectivity index (χ0v) is 30.5. The molecule has 0 aliphatic rings. The van der Waals surface area contributed by atoms with Crippen LogP contribution < -0.4 is 19.1 Å². The summed E-state index contributed by atoms with van der Waals surface area (Å²) in [7, 11) is -1.55. The maximum atomic E-state index is 14.6. The summed E-state index contributed by atoms with van der Waals surface area (Å²) in [6, 6.07) is 23.5. The van der Waals surface area contributed by atoms with E-state index in [0.717, 1.165) is 22.7 Å². The summed E-state index contributed by atoms with van der Waals surface area (Å²) in [6.45, 7) is 1.73. The molecule has 0 radical (unpaired) electrons. The van der Waals surface area contributed by atoms with Crippen LogP contribution in [-0.2, 0) is 32.6 Å². The standard InChI is InChI=1S/C36H38Cl3N3O6S/c1-4-5-19-40-36(44)32(21-25-9-7-6-8-10-25)41(23-26-11-17-30(38)31(39)20-26)35(43)24-42(28-14-12-27(37)13-15-28)49(45,46)29-16-18-33(47-2)34(22-29)48-3/h6-18,20,22,32H,4-5,19,21,23-24H2,1-3H3,(H,40,44)/t32-/m0/s1. The second kappa shape index (κ2) is 17.6. The molecule has 1 N–H and O–H groups in total. The topological polar surface area (TPSA) is 105 Å². The summed E-state index contributed by atoms with van der Waals surface area (Å²) < 4.78 is 40.4. The van der Waals surface area contributed by atoms with Gasteiger partial charge in [0, 0.05) is 30.6 Å². The van der Waals surface area contributed by atoms with Gasteiger partial charge in [0.05, 0.1) is 34.8 Å². The summed E-state index contributed by atoms with van der Waals surface area (Å²) in [4.78, 5) is 29.8. The predicted molar refractivity (Wildman–Crippen MR) is 194 cm³/mol. The minimum Gasteiger partial charge on any atom is -0.493 e. The number of unbranched alkanes of at least 4 members (excludes halogenated alkanes) is 1. The van der Waals surface area contributed by atoms with Crippen molar-refractivity contribution in [1.82, 2.24) is 10.2 Å². The molecule has 1 atom stereocenters. The Morgan fingerprint density at radius 2 is 1.51 bits per heavy atom. The lowest BCUT2D eigenvalue weighted by Crippen LogP contribution is -2.53. The highest BCUT2D eigenvalue weighted by Gasteiger charge is 2.35. The van der Waals surface area contributed by atoms with Crippen LogP contribution in [0.15, 0.2) is 95.9 Å². The first-order valence-corrected chi connectivity index (χ1v) is 18.1. The Balaban J connectivity index is 1.82. The molecule has 0 aromatic heterocycles. The minimum absolute atomic E-state index is 0.0563. The van der Waals surface area contributed by atoms with Gasteiger partial charge in [-0.1, -0.05) is 84.5 Å². The molecular formula is C36H38Cl3N3O6S. The summed E-state index contributed by atoms with van der Waals surface area (Å²) >= 11 is 18.7. The number of anilines is 1. The van der Waals surface area contributed by atoms with Crippen LogP contribution in [0.4, 0.5) is 5.69 Å². The first-order valence-electron chi connectivity index (χ1n) is 15.5. The van der Waals surface area contributed by atoms with Crippen molar-refractivity contribution in [1.29, 1.82) is 0 Å². The molecule has 13 heteroatoms. The maximum absolute atomic E-state index is 14.6. The quantitative estimate of drug-likeness (QED) is 0.120. The lowest BCUT2D eigenvalue weighted by Gasteiger charge is -2.34. The zero-order valence-electron chi connectivity index (χ0n) is 27.4. The van der Waals surface area contributed by atoms with Crippen LogP contribution in [0, 0.1) is 0 Å². The van der Waals surface area contributed by atoms with Crippen molar-refractivity contribution < 1.29 is 27.5 Å². The number of carbonyl (C=O) groups is 2. The fourth-order valence-corrected chi connectivity index (χ4v) is 7.01. The number of carbonyl (C=O) groups excluding carboxylic acids is 2. The molecule has 0 saturated heterocycles. The van der Waals surface area contributed by atoms with E-state index in [9.17, 15) is 18.0 Å². The molecule has 49 heavy (non-hydrogen) atoms. The summed E-state index contributed by atoms with van der Waals surface area (Å²) in [5, 5.41) is 3.95. The molecule has 0 bridgehead atoms. The molecule has 0 fully saturated rings. The third kappa shape index (κ3) is 9.82. The van der Waals surface area contributed by atoms with Gasteiger partial charge >= 0.3 is 0 Å². The Morgan fingerprint density at radius 1 is 0.816 bits per heavy atom. The lowest BCUT2D eigenvalue weighted by molar-refractivity contribution is -0.140. The van der Waals surface area contributed by atoms with Crippen LogP contribution in [0.5, 0.6) is 11.5 Å². The van der Waals surface area contributed by atoms with E-state index in [1.54, 1.807) is 18.2 Å². The van der Waals surface area contributed by atoms with Crippen molar-refractivity contribution in [3.05, 3.63) is 117 Å². The smallest absolute Gasteiger partial charge is 0.264 e.